The van der Waals surface area contributed by atoms with Gasteiger partial charge in [0.05, 0.1) is 15.5 Å². The average molecular weight is 912 g/mol. The number of aromatic hydroxyl groups is 3. The Morgan fingerprint density at radius 3 is 1.69 bits per heavy atom. The van der Waals surface area contributed by atoms with Gasteiger partial charge in [0.2, 0.25) is 20.0 Å². The van der Waals surface area contributed by atoms with Crippen molar-refractivity contribution in [2.24, 2.45) is 26.2 Å². The summed E-state index contributed by atoms with van der Waals surface area (Å²) in [6.07, 6.45) is 0. The monoisotopic (exact) mass is 911 g/mol. The molecular formula is C41H49CrN9O8S2. The Morgan fingerprint density at radius 2 is 1.16 bits per heavy atom. The largest absolute Gasteiger partial charge is 1.00 e. The molecule has 6 aromatic rings. The zero-order valence-corrected chi connectivity index (χ0v) is 37.3. The summed E-state index contributed by atoms with van der Waals surface area (Å²) >= 11 is 0. The van der Waals surface area contributed by atoms with E-state index >= 15 is 0 Å². The number of nitrogens with two attached hydrogens (primary N) is 1. The molecule has 6 rings (SSSR count). The first-order valence-electron chi connectivity index (χ1n) is 18.5. The topological polar surface area (TPSA) is 263 Å². The van der Waals surface area contributed by atoms with Crippen LogP contribution in [0.15, 0.2) is 138 Å². The van der Waals surface area contributed by atoms with Crippen molar-refractivity contribution in [2.75, 3.05) is 0 Å². The number of rotatable bonds is 11. The molecular weight excluding hydrogens is 863 g/mol. The van der Waals surface area contributed by atoms with Crippen LogP contribution < -0.4 is 20.7 Å². The minimum Gasteiger partial charge on any atom is -0.506 e. The summed E-state index contributed by atoms with van der Waals surface area (Å²) in [6, 6.07) is 26.6. The van der Waals surface area contributed by atoms with Gasteiger partial charge in [-0.3, -0.25) is 0 Å². The number of aromatic nitrogens is 2. The number of nitrogens with one attached hydrogen (secondary N) is 2. The Hall–Kier alpha value is -5.72. The van der Waals surface area contributed by atoms with Crippen LogP contribution in [-0.2, 0) is 37.4 Å². The summed E-state index contributed by atoms with van der Waals surface area (Å²) in [5.74, 6) is -0.554. The smallest absolute Gasteiger partial charge is 0.506 e. The van der Waals surface area contributed by atoms with E-state index in [1.165, 1.54) is 47.1 Å². The molecule has 0 saturated heterocycles. The Balaban J connectivity index is 0.000000382. The van der Waals surface area contributed by atoms with Crippen LogP contribution in [0.3, 0.4) is 0 Å². The standard InChI is InChI=1S/C19H20N5O4S.C19H19N3O4S.C3H9N.Cr/c1-12(2)23-29(27,28)15-9-10-17(25)16(11-15)20-21-18-13(3)22-24(19(18)26)14-7-5-4-6-8-14;1-12(2)22-27(25,26)14-8-10-17(23)16(11-14)20-21-19-15-6-4-3-5-13(15)7-9-18(19)24;1-3(2)4;/h4-12,23,25H,1-3H3;3-12,22-24H,1-2H3;3H,4H2,1-2H3;/q-1;;;/p+1. The minimum atomic E-state index is -3.77. The van der Waals surface area contributed by atoms with Gasteiger partial charge in [-0.15, -0.1) is 15.9 Å². The first-order valence-corrected chi connectivity index (χ1v) is 21.5. The molecule has 324 valence electrons. The summed E-state index contributed by atoms with van der Waals surface area (Å²) in [4.78, 5) is 12.5. The molecule has 1 heterocycles. The normalized spacial score (nSPS) is 11.8. The van der Waals surface area contributed by atoms with Crippen LogP contribution in [0.25, 0.3) is 16.5 Å². The number of azo groups is 2. The molecule has 0 fully saturated rings. The summed E-state index contributed by atoms with van der Waals surface area (Å²) in [7, 11) is -7.51. The zero-order chi connectivity index (χ0) is 44.4. The number of benzene rings is 5. The van der Waals surface area contributed by atoms with E-state index < -0.39 is 25.6 Å². The van der Waals surface area contributed by atoms with Gasteiger partial charge in [0.1, 0.15) is 39.9 Å². The summed E-state index contributed by atoms with van der Waals surface area (Å²) in [5, 5.41) is 51.7. The van der Waals surface area contributed by atoms with E-state index in [4.69, 9.17) is 5.73 Å². The molecule has 7 N–H and O–H groups in total. The molecule has 0 unspecified atom stereocenters. The Bertz CT molecular complexity index is 2780. The first kappa shape index (κ1) is 49.6. The third-order valence-corrected chi connectivity index (χ3v) is 11.0. The van der Waals surface area contributed by atoms with Gasteiger partial charge in [-0.05, 0) is 93.7 Å². The molecule has 0 aliphatic carbocycles. The van der Waals surface area contributed by atoms with Gasteiger partial charge in [0, 0.05) is 34.8 Å². The van der Waals surface area contributed by atoms with Crippen molar-refractivity contribution in [3.63, 3.8) is 0 Å². The maximum Gasteiger partial charge on any atom is 1.00 e. The van der Waals surface area contributed by atoms with Crippen LogP contribution in [0.1, 0.15) is 48.7 Å². The van der Waals surface area contributed by atoms with Crippen LogP contribution in [0.5, 0.6) is 17.2 Å². The van der Waals surface area contributed by atoms with Crippen molar-refractivity contribution >= 4 is 53.6 Å². The fraction of sp³-hybridized carbons (Fsp3) is 0.244. The molecule has 20 heteroatoms. The number of hydrogen-bond acceptors (Lipinski definition) is 14. The van der Waals surface area contributed by atoms with Gasteiger partial charge in [-0.25, -0.2) is 36.1 Å². The van der Waals surface area contributed by atoms with E-state index in [9.17, 15) is 36.9 Å². The molecule has 5 aromatic carbocycles. The first-order chi connectivity index (χ1) is 28.2. The molecule has 0 atom stereocenters. The van der Waals surface area contributed by atoms with Gasteiger partial charge in [-0.1, -0.05) is 75.0 Å². The second kappa shape index (κ2) is 21.7. The van der Waals surface area contributed by atoms with Crippen molar-refractivity contribution < 1.29 is 50.9 Å². The second-order valence-electron chi connectivity index (χ2n) is 14.1. The Morgan fingerprint density at radius 1 is 0.689 bits per heavy atom. The Kier molecular flexibility index (Phi) is 17.7. The van der Waals surface area contributed by atoms with Gasteiger partial charge < -0.3 is 31.0 Å². The van der Waals surface area contributed by atoms with E-state index in [0.29, 0.717) is 22.8 Å². The molecule has 0 aliphatic heterocycles. The molecule has 17 nitrogen and oxygen atoms in total. The summed E-state index contributed by atoms with van der Waals surface area (Å²) in [6.45, 7) is 12.3. The fourth-order valence-electron chi connectivity index (χ4n) is 5.17. The maximum absolute atomic E-state index is 12.6. The third kappa shape index (κ3) is 13.6. The van der Waals surface area contributed by atoms with Crippen molar-refractivity contribution in [1.29, 1.82) is 0 Å². The minimum absolute atomic E-state index is 0. The van der Waals surface area contributed by atoms with Crippen molar-refractivity contribution in [2.45, 2.75) is 76.4 Å². The van der Waals surface area contributed by atoms with E-state index in [2.05, 4.69) is 35.0 Å². The molecule has 0 saturated carbocycles. The van der Waals surface area contributed by atoms with Crippen LogP contribution in [0.2, 0.25) is 0 Å². The van der Waals surface area contributed by atoms with Gasteiger partial charge in [0.25, 0.3) is 0 Å². The molecule has 0 radical (unpaired) electrons. The number of phenols is 3. The Labute approximate surface area is 366 Å². The number of phenolic OH excluding ortho intramolecular Hbond substituents is 3. The second-order valence-corrected chi connectivity index (χ2v) is 17.6. The van der Waals surface area contributed by atoms with Crippen molar-refractivity contribution in [3.05, 3.63) is 119 Å². The van der Waals surface area contributed by atoms with Gasteiger partial charge >= 0.3 is 1.43 Å². The summed E-state index contributed by atoms with van der Waals surface area (Å²) < 4.78 is 55.4. The molecule has 0 bridgehead atoms. The fourth-order valence-corrected chi connectivity index (χ4v) is 7.71. The van der Waals surface area contributed by atoms with E-state index in [1.54, 1.807) is 71.0 Å². The van der Waals surface area contributed by atoms with Crippen LogP contribution in [0.4, 0.5) is 22.7 Å². The van der Waals surface area contributed by atoms with Crippen molar-refractivity contribution in [3.8, 4) is 22.9 Å². The number of fused-ring (bicyclic) bond motifs is 1. The summed E-state index contributed by atoms with van der Waals surface area (Å²) in [5.41, 5.74) is 5.71. The van der Waals surface area contributed by atoms with Crippen LogP contribution >= 0.6 is 0 Å². The third-order valence-electron chi connectivity index (χ3n) is 7.68. The predicted molar refractivity (Wildman–Crippen MR) is 232 cm³/mol. The number of para-hydroxylation sites is 1. The average Bonchev–Trinajstić information content (AvgIpc) is 3.45. The SMILES string of the molecule is CC(C)N.CC(C)NS(=O)(=O)c1ccc(O)c(N=Nc2c(O)ccc3ccccc23)c1.Cc1nn(-c2ccccc2)c(=O)[c-]1N=Nc1cc(S(=O)(=O)NC(C)C)ccc1O.[Cr].[H+]. The van der Waals surface area contributed by atoms with Crippen molar-refractivity contribution in [1.82, 2.24) is 19.2 Å². The van der Waals surface area contributed by atoms with E-state index in [1.807, 2.05) is 38.1 Å². The van der Waals surface area contributed by atoms with Gasteiger partial charge in [-0.2, -0.15) is 5.11 Å². The van der Waals surface area contributed by atoms with Crippen LogP contribution in [-0.4, -0.2) is 60.1 Å². The quantitative estimate of drug-likeness (QED) is 0.0541. The van der Waals surface area contributed by atoms with E-state index in [-0.39, 0.29) is 80.7 Å². The number of nitrogens with zero attached hydrogens (tertiary/aromatic N) is 6. The number of hydrogen-bond donors (Lipinski definition) is 6. The molecule has 0 amide bonds. The predicted octanol–water partition coefficient (Wildman–Crippen LogP) is 7.88. The molecule has 61 heavy (non-hydrogen) atoms. The van der Waals surface area contributed by atoms with Crippen LogP contribution in [0, 0.1) is 6.92 Å². The van der Waals surface area contributed by atoms with Gasteiger partial charge in [0.15, 0.2) is 0 Å². The molecule has 0 spiro atoms. The number of sulfonamides is 2. The zero-order valence-electron chi connectivity index (χ0n) is 35.4. The maximum atomic E-state index is 12.6. The molecule has 0 aliphatic rings. The number of aryl methyl sites for hydroxylation is 1. The van der Waals surface area contributed by atoms with E-state index in [0.717, 1.165) is 5.39 Å². The molecule has 1 aromatic heterocycles.